The zero-order valence-electron chi connectivity index (χ0n) is 10.6. The van der Waals surface area contributed by atoms with Crippen molar-refractivity contribution in [3.8, 4) is 0 Å². The Balaban J connectivity index is 2.07. The average Bonchev–Trinajstić information content (AvgIpc) is 2.18. The standard InChI is InChI=1S/C11H22F3N3/c1-10(9-11(12,13)14)15-3-4-17-7-5-16(2)6-8-17/h10,15H,3-9H2,1-2H3. The maximum Gasteiger partial charge on any atom is 0.390 e. The van der Waals surface area contributed by atoms with Crippen LogP contribution in [0.25, 0.3) is 0 Å². The second-order valence-corrected chi connectivity index (χ2v) is 4.82. The van der Waals surface area contributed by atoms with Crippen LogP contribution in [0, 0.1) is 0 Å². The average molecular weight is 253 g/mol. The minimum absolute atomic E-state index is 0.498. The Kier molecular flexibility index (Phi) is 5.69. The van der Waals surface area contributed by atoms with Crippen molar-refractivity contribution in [1.29, 1.82) is 0 Å². The fraction of sp³-hybridized carbons (Fsp3) is 1.00. The maximum atomic E-state index is 12.1. The molecule has 1 saturated heterocycles. The first-order valence-corrected chi connectivity index (χ1v) is 6.08. The first kappa shape index (κ1) is 14.7. The van der Waals surface area contributed by atoms with Gasteiger partial charge >= 0.3 is 6.18 Å². The topological polar surface area (TPSA) is 18.5 Å². The van der Waals surface area contributed by atoms with Gasteiger partial charge in [-0.15, -0.1) is 0 Å². The fourth-order valence-corrected chi connectivity index (χ4v) is 1.96. The van der Waals surface area contributed by atoms with E-state index < -0.39 is 18.6 Å². The quantitative estimate of drug-likeness (QED) is 0.793. The number of rotatable bonds is 5. The molecule has 3 nitrogen and oxygen atoms in total. The summed E-state index contributed by atoms with van der Waals surface area (Å²) in [5.74, 6) is 0. The van der Waals surface area contributed by atoms with Crippen molar-refractivity contribution < 1.29 is 13.2 Å². The molecule has 1 fully saturated rings. The molecule has 0 bridgehead atoms. The van der Waals surface area contributed by atoms with Gasteiger partial charge in [-0.2, -0.15) is 13.2 Å². The summed E-state index contributed by atoms with van der Waals surface area (Å²) in [7, 11) is 2.08. The van der Waals surface area contributed by atoms with Crippen LogP contribution in [0.2, 0.25) is 0 Å². The molecule has 6 heteroatoms. The number of hydrogen-bond donors (Lipinski definition) is 1. The van der Waals surface area contributed by atoms with Gasteiger partial charge in [-0.25, -0.2) is 0 Å². The Hall–Kier alpha value is -0.330. The van der Waals surface area contributed by atoms with Crippen molar-refractivity contribution >= 4 is 0 Å². The summed E-state index contributed by atoms with van der Waals surface area (Å²) in [6, 6.07) is -0.498. The molecule has 0 radical (unpaired) electrons. The number of alkyl halides is 3. The van der Waals surface area contributed by atoms with E-state index in [0.29, 0.717) is 6.54 Å². The van der Waals surface area contributed by atoms with Gasteiger partial charge in [0.05, 0.1) is 6.42 Å². The first-order valence-electron chi connectivity index (χ1n) is 6.08. The highest BCUT2D eigenvalue weighted by Crippen LogP contribution is 2.21. The molecule has 1 atom stereocenters. The predicted molar refractivity (Wildman–Crippen MR) is 62.1 cm³/mol. The Morgan fingerprint density at radius 3 is 2.29 bits per heavy atom. The number of nitrogens with zero attached hydrogens (tertiary/aromatic N) is 2. The Labute approximate surface area is 101 Å². The van der Waals surface area contributed by atoms with Crippen molar-refractivity contribution in [2.45, 2.75) is 25.6 Å². The van der Waals surface area contributed by atoms with Crippen LogP contribution in [-0.2, 0) is 0 Å². The van der Waals surface area contributed by atoms with E-state index in [4.69, 9.17) is 0 Å². The Morgan fingerprint density at radius 1 is 1.18 bits per heavy atom. The van der Waals surface area contributed by atoms with Crippen LogP contribution >= 0.6 is 0 Å². The van der Waals surface area contributed by atoms with E-state index in [9.17, 15) is 13.2 Å². The predicted octanol–water partition coefficient (Wildman–Crippen LogP) is 1.16. The number of piperazine rings is 1. The van der Waals surface area contributed by atoms with Gasteiger partial charge in [0.2, 0.25) is 0 Å². The van der Waals surface area contributed by atoms with Crippen LogP contribution in [0.15, 0.2) is 0 Å². The zero-order chi connectivity index (χ0) is 12.9. The highest BCUT2D eigenvalue weighted by atomic mass is 19.4. The van der Waals surface area contributed by atoms with E-state index in [-0.39, 0.29) is 0 Å². The van der Waals surface area contributed by atoms with Crippen molar-refractivity contribution in [3.05, 3.63) is 0 Å². The molecular formula is C11H22F3N3. The molecule has 1 unspecified atom stereocenters. The molecule has 0 aromatic rings. The molecule has 0 aliphatic carbocycles. The first-order chi connectivity index (χ1) is 7.87. The zero-order valence-corrected chi connectivity index (χ0v) is 10.6. The van der Waals surface area contributed by atoms with E-state index in [2.05, 4.69) is 22.2 Å². The third-order valence-electron chi connectivity index (χ3n) is 3.05. The van der Waals surface area contributed by atoms with Crippen LogP contribution in [-0.4, -0.2) is 68.3 Å². The molecule has 1 heterocycles. The van der Waals surface area contributed by atoms with Crippen molar-refractivity contribution in [2.24, 2.45) is 0 Å². The van der Waals surface area contributed by atoms with Crippen LogP contribution in [0.1, 0.15) is 13.3 Å². The highest BCUT2D eigenvalue weighted by molar-refractivity contribution is 4.71. The lowest BCUT2D eigenvalue weighted by Crippen LogP contribution is -2.47. The number of halogens is 3. The summed E-state index contributed by atoms with van der Waals surface area (Å²) in [5, 5.41) is 2.92. The molecule has 0 aromatic carbocycles. The van der Waals surface area contributed by atoms with E-state index in [1.807, 2.05) is 0 Å². The molecule has 1 aliphatic rings. The van der Waals surface area contributed by atoms with Crippen LogP contribution in [0.4, 0.5) is 13.2 Å². The van der Waals surface area contributed by atoms with Gasteiger partial charge < -0.3 is 10.2 Å². The highest BCUT2D eigenvalue weighted by Gasteiger charge is 2.29. The third kappa shape index (κ3) is 6.85. The lowest BCUT2D eigenvalue weighted by atomic mass is 10.2. The van der Waals surface area contributed by atoms with E-state index in [0.717, 1.165) is 32.7 Å². The van der Waals surface area contributed by atoms with E-state index >= 15 is 0 Å². The van der Waals surface area contributed by atoms with Gasteiger partial charge in [0.25, 0.3) is 0 Å². The monoisotopic (exact) mass is 253 g/mol. The normalized spacial score (nSPS) is 21.7. The molecule has 1 rings (SSSR count). The van der Waals surface area contributed by atoms with Gasteiger partial charge in [-0.3, -0.25) is 4.90 Å². The second kappa shape index (κ2) is 6.56. The number of hydrogen-bond acceptors (Lipinski definition) is 3. The summed E-state index contributed by atoms with van der Waals surface area (Å²) >= 11 is 0. The van der Waals surface area contributed by atoms with Crippen LogP contribution < -0.4 is 5.32 Å². The number of likely N-dealkylation sites (N-methyl/N-ethyl adjacent to an activating group) is 1. The van der Waals surface area contributed by atoms with Crippen LogP contribution in [0.3, 0.4) is 0 Å². The lowest BCUT2D eigenvalue weighted by Gasteiger charge is -2.32. The summed E-state index contributed by atoms with van der Waals surface area (Å²) in [6.45, 7) is 7.13. The van der Waals surface area contributed by atoms with Gasteiger partial charge in [0.1, 0.15) is 0 Å². The van der Waals surface area contributed by atoms with Gasteiger partial charge in [0, 0.05) is 45.3 Å². The largest absolute Gasteiger partial charge is 0.390 e. The van der Waals surface area contributed by atoms with Crippen molar-refractivity contribution in [2.75, 3.05) is 46.3 Å². The van der Waals surface area contributed by atoms with Crippen LogP contribution in [0.5, 0.6) is 0 Å². The smallest absolute Gasteiger partial charge is 0.313 e. The van der Waals surface area contributed by atoms with E-state index in [1.54, 1.807) is 6.92 Å². The molecule has 0 aromatic heterocycles. The molecule has 1 aliphatic heterocycles. The summed E-state index contributed by atoms with van der Waals surface area (Å²) in [5.41, 5.74) is 0. The molecule has 0 amide bonds. The molecule has 102 valence electrons. The molecule has 1 N–H and O–H groups in total. The molecule has 17 heavy (non-hydrogen) atoms. The lowest BCUT2D eigenvalue weighted by molar-refractivity contribution is -0.139. The van der Waals surface area contributed by atoms with Gasteiger partial charge in [-0.1, -0.05) is 0 Å². The Bertz CT molecular complexity index is 212. The fourth-order valence-electron chi connectivity index (χ4n) is 1.96. The SMILES string of the molecule is CC(CC(F)(F)F)NCCN1CCN(C)CC1. The van der Waals surface area contributed by atoms with E-state index in [1.165, 1.54) is 0 Å². The van der Waals surface area contributed by atoms with Crippen molar-refractivity contribution in [1.82, 2.24) is 15.1 Å². The minimum atomic E-state index is -4.07. The number of nitrogens with one attached hydrogen (secondary N) is 1. The Morgan fingerprint density at radius 2 is 1.76 bits per heavy atom. The molecule has 0 spiro atoms. The second-order valence-electron chi connectivity index (χ2n) is 4.82. The third-order valence-corrected chi connectivity index (χ3v) is 3.05. The summed E-state index contributed by atoms with van der Waals surface area (Å²) in [6.07, 6.45) is -4.82. The van der Waals surface area contributed by atoms with Gasteiger partial charge in [0.15, 0.2) is 0 Å². The summed E-state index contributed by atoms with van der Waals surface area (Å²) in [4.78, 5) is 4.55. The maximum absolute atomic E-state index is 12.1. The molecular weight excluding hydrogens is 231 g/mol. The summed E-state index contributed by atoms with van der Waals surface area (Å²) < 4.78 is 36.2. The van der Waals surface area contributed by atoms with Gasteiger partial charge in [-0.05, 0) is 14.0 Å². The minimum Gasteiger partial charge on any atom is -0.313 e. The van der Waals surface area contributed by atoms with Crippen molar-refractivity contribution in [3.63, 3.8) is 0 Å². The molecule has 0 saturated carbocycles.